The Labute approximate surface area is 103 Å². The summed E-state index contributed by atoms with van der Waals surface area (Å²) in [6.45, 7) is 7.99. The standard InChI is InChI=1S/C12H22N2OS/c1-11(2)7-5-6-8(11)9(15)14-12(3,4)10(13)16/h8H,5-7H2,1-4H3,(H2,13,16)(H,14,15). The molecule has 0 aromatic carbocycles. The van der Waals surface area contributed by atoms with Crippen LogP contribution in [0.5, 0.6) is 0 Å². The molecule has 0 heterocycles. The first-order valence-electron chi connectivity index (χ1n) is 5.79. The van der Waals surface area contributed by atoms with Gasteiger partial charge < -0.3 is 11.1 Å². The van der Waals surface area contributed by atoms with E-state index >= 15 is 0 Å². The molecule has 16 heavy (non-hydrogen) atoms. The van der Waals surface area contributed by atoms with Gasteiger partial charge in [0, 0.05) is 5.92 Å². The van der Waals surface area contributed by atoms with Crippen LogP contribution < -0.4 is 11.1 Å². The lowest BCUT2D eigenvalue weighted by Gasteiger charge is -2.31. The first-order chi connectivity index (χ1) is 7.17. The number of thiocarbonyl (C=S) groups is 1. The Bertz CT molecular complexity index is 310. The second kappa shape index (κ2) is 4.32. The van der Waals surface area contributed by atoms with Crippen LogP contribution in [0.15, 0.2) is 0 Å². The smallest absolute Gasteiger partial charge is 0.224 e. The quantitative estimate of drug-likeness (QED) is 0.744. The molecule has 0 aliphatic heterocycles. The van der Waals surface area contributed by atoms with Gasteiger partial charge in [0.15, 0.2) is 0 Å². The predicted molar refractivity (Wildman–Crippen MR) is 70.1 cm³/mol. The highest BCUT2D eigenvalue weighted by Crippen LogP contribution is 2.42. The molecule has 0 radical (unpaired) electrons. The van der Waals surface area contributed by atoms with Crippen LogP contribution in [-0.4, -0.2) is 16.4 Å². The second-order valence-electron chi connectivity index (χ2n) is 5.91. The van der Waals surface area contributed by atoms with E-state index in [0.717, 1.165) is 19.3 Å². The lowest BCUT2D eigenvalue weighted by atomic mass is 9.81. The molecular weight excluding hydrogens is 220 g/mol. The van der Waals surface area contributed by atoms with E-state index < -0.39 is 5.54 Å². The minimum Gasteiger partial charge on any atom is -0.391 e. The third kappa shape index (κ3) is 2.73. The van der Waals surface area contributed by atoms with E-state index in [-0.39, 0.29) is 17.2 Å². The van der Waals surface area contributed by atoms with Crippen molar-refractivity contribution in [2.75, 3.05) is 0 Å². The number of hydrogen-bond donors (Lipinski definition) is 2. The van der Waals surface area contributed by atoms with E-state index in [4.69, 9.17) is 18.0 Å². The maximum Gasteiger partial charge on any atom is 0.224 e. The molecular formula is C12H22N2OS. The van der Waals surface area contributed by atoms with Crippen molar-refractivity contribution >= 4 is 23.1 Å². The zero-order valence-corrected chi connectivity index (χ0v) is 11.4. The van der Waals surface area contributed by atoms with E-state index in [2.05, 4.69) is 19.2 Å². The topological polar surface area (TPSA) is 55.1 Å². The number of carbonyl (C=O) groups excluding carboxylic acids is 1. The van der Waals surface area contributed by atoms with Gasteiger partial charge in [-0.05, 0) is 32.1 Å². The van der Waals surface area contributed by atoms with Crippen molar-refractivity contribution in [3.8, 4) is 0 Å². The minimum atomic E-state index is -0.592. The molecule has 0 aromatic rings. The van der Waals surface area contributed by atoms with E-state index in [9.17, 15) is 4.79 Å². The van der Waals surface area contributed by atoms with E-state index in [1.807, 2.05) is 13.8 Å². The molecule has 1 aliphatic rings. The first-order valence-corrected chi connectivity index (χ1v) is 6.19. The lowest BCUT2D eigenvalue weighted by molar-refractivity contribution is -0.128. The van der Waals surface area contributed by atoms with Gasteiger partial charge in [-0.3, -0.25) is 4.79 Å². The molecule has 1 saturated carbocycles. The fourth-order valence-electron chi connectivity index (χ4n) is 2.27. The Kier molecular flexibility index (Phi) is 3.62. The number of nitrogens with two attached hydrogens (primary N) is 1. The number of amides is 1. The summed E-state index contributed by atoms with van der Waals surface area (Å²) in [7, 11) is 0. The fraction of sp³-hybridized carbons (Fsp3) is 0.833. The van der Waals surface area contributed by atoms with Gasteiger partial charge in [-0.1, -0.05) is 32.5 Å². The number of hydrogen-bond acceptors (Lipinski definition) is 2. The largest absolute Gasteiger partial charge is 0.391 e. The lowest BCUT2D eigenvalue weighted by Crippen LogP contribution is -2.54. The SMILES string of the molecule is CC(C)(NC(=O)C1CCCC1(C)C)C(N)=S. The maximum absolute atomic E-state index is 12.2. The molecule has 3 nitrogen and oxygen atoms in total. The van der Waals surface area contributed by atoms with Crippen LogP contribution in [0.2, 0.25) is 0 Å². The first kappa shape index (κ1) is 13.4. The summed E-state index contributed by atoms with van der Waals surface area (Å²) in [5.41, 5.74) is 5.10. The second-order valence-corrected chi connectivity index (χ2v) is 6.35. The molecule has 3 N–H and O–H groups in total. The Balaban J connectivity index is 2.70. The number of carbonyl (C=O) groups is 1. The normalized spacial score (nSPS) is 24.1. The highest BCUT2D eigenvalue weighted by molar-refractivity contribution is 7.80. The van der Waals surface area contributed by atoms with Gasteiger partial charge in [-0.25, -0.2) is 0 Å². The molecule has 0 bridgehead atoms. The average Bonchev–Trinajstić information content (AvgIpc) is 2.43. The average molecular weight is 242 g/mol. The molecule has 1 atom stereocenters. The molecule has 1 unspecified atom stereocenters. The van der Waals surface area contributed by atoms with Crippen molar-refractivity contribution < 1.29 is 4.79 Å². The third-order valence-electron chi connectivity index (χ3n) is 3.63. The third-order valence-corrected chi connectivity index (χ3v) is 4.14. The van der Waals surface area contributed by atoms with E-state index in [1.165, 1.54) is 0 Å². The molecule has 0 aromatic heterocycles. The Morgan fingerprint density at radius 1 is 1.50 bits per heavy atom. The highest BCUT2D eigenvalue weighted by atomic mass is 32.1. The van der Waals surface area contributed by atoms with Crippen molar-refractivity contribution in [2.24, 2.45) is 17.1 Å². The zero-order chi connectivity index (χ0) is 12.6. The van der Waals surface area contributed by atoms with Crippen LogP contribution in [0, 0.1) is 11.3 Å². The fourth-order valence-corrected chi connectivity index (χ4v) is 2.32. The van der Waals surface area contributed by atoms with Gasteiger partial charge in [-0.15, -0.1) is 0 Å². The maximum atomic E-state index is 12.2. The molecule has 0 spiro atoms. The molecule has 4 heteroatoms. The van der Waals surface area contributed by atoms with Gasteiger partial charge in [0.2, 0.25) is 5.91 Å². The Morgan fingerprint density at radius 3 is 2.44 bits per heavy atom. The highest BCUT2D eigenvalue weighted by Gasteiger charge is 2.40. The van der Waals surface area contributed by atoms with Gasteiger partial charge in [-0.2, -0.15) is 0 Å². The van der Waals surface area contributed by atoms with Crippen LogP contribution >= 0.6 is 12.2 Å². The summed E-state index contributed by atoms with van der Waals surface area (Å²) < 4.78 is 0. The van der Waals surface area contributed by atoms with Crippen LogP contribution in [-0.2, 0) is 4.79 Å². The van der Waals surface area contributed by atoms with Gasteiger partial charge in [0.25, 0.3) is 0 Å². The molecule has 1 rings (SSSR count). The van der Waals surface area contributed by atoms with E-state index in [0.29, 0.717) is 4.99 Å². The molecule has 1 aliphatic carbocycles. The predicted octanol–water partition coefficient (Wildman–Crippen LogP) is 1.99. The zero-order valence-electron chi connectivity index (χ0n) is 10.6. The van der Waals surface area contributed by atoms with Crippen LogP contribution in [0.4, 0.5) is 0 Å². The van der Waals surface area contributed by atoms with Crippen molar-refractivity contribution in [1.29, 1.82) is 0 Å². The van der Waals surface area contributed by atoms with Crippen LogP contribution in [0.1, 0.15) is 47.0 Å². The summed E-state index contributed by atoms with van der Waals surface area (Å²) in [5, 5.41) is 2.95. The van der Waals surface area contributed by atoms with Crippen molar-refractivity contribution in [2.45, 2.75) is 52.5 Å². The molecule has 92 valence electrons. The number of nitrogens with one attached hydrogen (secondary N) is 1. The minimum absolute atomic E-state index is 0.0836. The summed E-state index contributed by atoms with van der Waals surface area (Å²) >= 11 is 4.94. The summed E-state index contributed by atoms with van der Waals surface area (Å²) in [5.74, 6) is 0.168. The summed E-state index contributed by atoms with van der Waals surface area (Å²) in [6, 6.07) is 0. The van der Waals surface area contributed by atoms with Gasteiger partial charge >= 0.3 is 0 Å². The van der Waals surface area contributed by atoms with Crippen LogP contribution in [0.25, 0.3) is 0 Å². The Morgan fingerprint density at radius 2 is 2.06 bits per heavy atom. The summed E-state index contributed by atoms with van der Waals surface area (Å²) in [6.07, 6.45) is 3.20. The summed E-state index contributed by atoms with van der Waals surface area (Å²) in [4.78, 5) is 12.5. The Hall–Kier alpha value is -0.640. The molecule has 1 amide bonds. The molecule has 0 saturated heterocycles. The number of rotatable bonds is 3. The van der Waals surface area contributed by atoms with Crippen molar-refractivity contribution in [3.05, 3.63) is 0 Å². The monoisotopic (exact) mass is 242 g/mol. The van der Waals surface area contributed by atoms with Gasteiger partial charge in [0.05, 0.1) is 10.5 Å². The van der Waals surface area contributed by atoms with Gasteiger partial charge in [0.1, 0.15) is 0 Å². The molecule has 1 fully saturated rings. The van der Waals surface area contributed by atoms with E-state index in [1.54, 1.807) is 0 Å². The van der Waals surface area contributed by atoms with Crippen molar-refractivity contribution in [3.63, 3.8) is 0 Å². The van der Waals surface area contributed by atoms with Crippen LogP contribution in [0.3, 0.4) is 0 Å². The van der Waals surface area contributed by atoms with Crippen molar-refractivity contribution in [1.82, 2.24) is 5.32 Å².